The molecule has 0 spiro atoms. The molecule has 0 fully saturated rings. The summed E-state index contributed by atoms with van der Waals surface area (Å²) in [5, 5.41) is 1.96. The highest BCUT2D eigenvalue weighted by atomic mass is 32.1. The van der Waals surface area contributed by atoms with Gasteiger partial charge in [-0.1, -0.05) is 12.1 Å². The van der Waals surface area contributed by atoms with Crippen molar-refractivity contribution in [3.05, 3.63) is 82.3 Å². The number of thiophene rings is 1. The summed E-state index contributed by atoms with van der Waals surface area (Å²) in [6.45, 7) is 0.415. The molecule has 1 heterocycles. The summed E-state index contributed by atoms with van der Waals surface area (Å²) in [6, 6.07) is 15.2. The first-order valence-electron chi connectivity index (χ1n) is 8.60. The molecule has 0 N–H and O–H groups in total. The zero-order chi connectivity index (χ0) is 19.9. The minimum atomic E-state index is -0.340. The Labute approximate surface area is 167 Å². The number of rotatable bonds is 7. The monoisotopic (exact) mass is 397 g/mol. The third-order valence-corrected chi connectivity index (χ3v) is 4.99. The first-order valence-corrected chi connectivity index (χ1v) is 9.48. The van der Waals surface area contributed by atoms with Crippen LogP contribution in [0.3, 0.4) is 0 Å². The van der Waals surface area contributed by atoms with Gasteiger partial charge >= 0.3 is 0 Å². The Bertz CT molecular complexity index is 952. The van der Waals surface area contributed by atoms with Gasteiger partial charge in [0.2, 0.25) is 0 Å². The van der Waals surface area contributed by atoms with Gasteiger partial charge in [-0.05, 0) is 59.5 Å². The summed E-state index contributed by atoms with van der Waals surface area (Å²) >= 11 is 1.57. The highest BCUT2D eigenvalue weighted by Crippen LogP contribution is 2.28. The van der Waals surface area contributed by atoms with E-state index >= 15 is 0 Å². The highest BCUT2D eigenvalue weighted by molar-refractivity contribution is 7.09. The fourth-order valence-electron chi connectivity index (χ4n) is 2.69. The molecule has 28 heavy (non-hydrogen) atoms. The maximum absolute atomic E-state index is 13.3. The lowest BCUT2D eigenvalue weighted by atomic mass is 10.1. The Balaban J connectivity index is 1.84. The Morgan fingerprint density at radius 1 is 1.07 bits per heavy atom. The van der Waals surface area contributed by atoms with Gasteiger partial charge in [-0.3, -0.25) is 4.79 Å². The van der Waals surface area contributed by atoms with Crippen LogP contribution in [0.2, 0.25) is 0 Å². The van der Waals surface area contributed by atoms with Crippen molar-refractivity contribution in [2.24, 2.45) is 0 Å². The van der Waals surface area contributed by atoms with Crippen LogP contribution in [0, 0.1) is 5.82 Å². The fraction of sp³-hybridized carbons (Fsp3) is 0.136. The topological polar surface area (TPSA) is 38.8 Å². The van der Waals surface area contributed by atoms with Crippen LogP contribution in [0.4, 0.5) is 10.1 Å². The molecule has 0 aliphatic rings. The second-order valence-corrected chi connectivity index (χ2v) is 6.96. The van der Waals surface area contributed by atoms with Crippen LogP contribution in [-0.2, 0) is 11.3 Å². The van der Waals surface area contributed by atoms with E-state index in [2.05, 4.69) is 0 Å². The minimum Gasteiger partial charge on any atom is -0.493 e. The average molecular weight is 397 g/mol. The Morgan fingerprint density at radius 3 is 2.46 bits per heavy atom. The predicted molar refractivity (Wildman–Crippen MR) is 110 cm³/mol. The molecule has 2 aromatic carbocycles. The first kappa shape index (κ1) is 19.6. The van der Waals surface area contributed by atoms with E-state index in [1.54, 1.807) is 60.8 Å². The van der Waals surface area contributed by atoms with Crippen molar-refractivity contribution in [1.82, 2.24) is 0 Å². The number of ether oxygens (including phenoxy) is 2. The lowest BCUT2D eigenvalue weighted by Gasteiger charge is -2.21. The van der Waals surface area contributed by atoms with Gasteiger partial charge in [0.1, 0.15) is 5.82 Å². The molecule has 0 aliphatic heterocycles. The largest absolute Gasteiger partial charge is 0.493 e. The molecule has 4 nitrogen and oxygen atoms in total. The molecule has 144 valence electrons. The van der Waals surface area contributed by atoms with Crippen molar-refractivity contribution in [3.8, 4) is 11.5 Å². The van der Waals surface area contributed by atoms with E-state index in [4.69, 9.17) is 9.47 Å². The molecular formula is C22H20FNO3S. The van der Waals surface area contributed by atoms with E-state index in [0.717, 1.165) is 10.4 Å². The second-order valence-electron chi connectivity index (χ2n) is 5.93. The van der Waals surface area contributed by atoms with E-state index in [-0.39, 0.29) is 11.7 Å². The Hall–Kier alpha value is -3.12. The van der Waals surface area contributed by atoms with Gasteiger partial charge in [-0.25, -0.2) is 4.39 Å². The van der Waals surface area contributed by atoms with Gasteiger partial charge < -0.3 is 14.4 Å². The molecule has 3 aromatic rings. The zero-order valence-electron chi connectivity index (χ0n) is 15.6. The quantitative estimate of drug-likeness (QED) is 0.518. The van der Waals surface area contributed by atoms with Crippen molar-refractivity contribution >= 4 is 29.0 Å². The summed E-state index contributed by atoms with van der Waals surface area (Å²) in [5.41, 5.74) is 1.44. The van der Waals surface area contributed by atoms with E-state index in [1.807, 2.05) is 23.6 Å². The van der Waals surface area contributed by atoms with Crippen LogP contribution in [0.1, 0.15) is 10.4 Å². The summed E-state index contributed by atoms with van der Waals surface area (Å²) < 4.78 is 23.8. The number of carbonyl (C=O) groups is 1. The summed E-state index contributed by atoms with van der Waals surface area (Å²) in [7, 11) is 3.13. The normalized spacial score (nSPS) is 10.8. The molecule has 0 bridgehead atoms. The molecule has 0 saturated heterocycles. The minimum absolute atomic E-state index is 0.199. The van der Waals surface area contributed by atoms with Gasteiger partial charge in [0, 0.05) is 16.6 Å². The number of benzene rings is 2. The first-order chi connectivity index (χ1) is 13.6. The third kappa shape index (κ3) is 4.78. The number of hydrogen-bond donors (Lipinski definition) is 0. The van der Waals surface area contributed by atoms with Crippen molar-refractivity contribution in [1.29, 1.82) is 0 Å². The van der Waals surface area contributed by atoms with Gasteiger partial charge in [-0.2, -0.15) is 0 Å². The molecule has 0 unspecified atom stereocenters. The van der Waals surface area contributed by atoms with Gasteiger partial charge in [0.15, 0.2) is 11.5 Å². The number of anilines is 1. The zero-order valence-corrected chi connectivity index (χ0v) is 16.4. The summed E-state index contributed by atoms with van der Waals surface area (Å²) in [5.74, 6) is 0.672. The molecule has 6 heteroatoms. The average Bonchev–Trinajstić information content (AvgIpc) is 3.24. The van der Waals surface area contributed by atoms with E-state index < -0.39 is 0 Å². The van der Waals surface area contributed by atoms with E-state index in [9.17, 15) is 9.18 Å². The SMILES string of the molecule is COc1ccc(/C=C/C(=O)N(Cc2cccs2)c2ccc(F)cc2)cc1OC. The molecule has 1 aromatic heterocycles. The van der Waals surface area contributed by atoms with Crippen LogP contribution in [-0.4, -0.2) is 20.1 Å². The van der Waals surface area contributed by atoms with Crippen molar-refractivity contribution in [2.45, 2.75) is 6.54 Å². The fourth-order valence-corrected chi connectivity index (χ4v) is 3.38. The number of carbonyl (C=O) groups excluding carboxylic acids is 1. The molecule has 3 rings (SSSR count). The van der Waals surface area contributed by atoms with Crippen molar-refractivity contribution in [2.75, 3.05) is 19.1 Å². The maximum atomic E-state index is 13.3. The van der Waals surface area contributed by atoms with E-state index in [1.165, 1.54) is 18.2 Å². The van der Waals surface area contributed by atoms with Crippen LogP contribution >= 0.6 is 11.3 Å². The van der Waals surface area contributed by atoms with Crippen LogP contribution < -0.4 is 14.4 Å². The summed E-state index contributed by atoms with van der Waals surface area (Å²) in [4.78, 5) is 15.6. The molecular weight excluding hydrogens is 377 g/mol. The van der Waals surface area contributed by atoms with Crippen LogP contribution in [0.5, 0.6) is 11.5 Å². The number of amides is 1. The van der Waals surface area contributed by atoms with Gasteiger partial charge in [0.05, 0.1) is 20.8 Å². The Kier molecular flexibility index (Phi) is 6.45. The van der Waals surface area contributed by atoms with Crippen LogP contribution in [0.25, 0.3) is 6.08 Å². The second kappa shape index (κ2) is 9.19. The lowest BCUT2D eigenvalue weighted by Crippen LogP contribution is -2.28. The van der Waals surface area contributed by atoms with Crippen molar-refractivity contribution in [3.63, 3.8) is 0 Å². The lowest BCUT2D eigenvalue weighted by molar-refractivity contribution is -0.114. The number of methoxy groups -OCH3 is 2. The number of nitrogens with zero attached hydrogens (tertiary/aromatic N) is 1. The molecule has 0 aliphatic carbocycles. The van der Waals surface area contributed by atoms with Crippen LogP contribution in [0.15, 0.2) is 66.1 Å². The Morgan fingerprint density at radius 2 is 1.82 bits per heavy atom. The maximum Gasteiger partial charge on any atom is 0.251 e. The van der Waals surface area contributed by atoms with Gasteiger partial charge in [-0.15, -0.1) is 11.3 Å². The molecule has 0 atom stereocenters. The van der Waals surface area contributed by atoms with E-state index in [0.29, 0.717) is 23.7 Å². The molecule has 1 amide bonds. The summed E-state index contributed by atoms with van der Waals surface area (Å²) in [6.07, 6.45) is 3.22. The smallest absolute Gasteiger partial charge is 0.251 e. The standard InChI is InChI=1S/C22H20FNO3S/c1-26-20-11-5-16(14-21(20)27-2)6-12-22(25)24(15-19-4-3-13-28-19)18-9-7-17(23)8-10-18/h3-14H,15H2,1-2H3/b12-6+. The predicted octanol–water partition coefficient (Wildman–Crippen LogP) is 5.15. The molecule has 0 radical (unpaired) electrons. The highest BCUT2D eigenvalue weighted by Gasteiger charge is 2.15. The number of hydrogen-bond acceptors (Lipinski definition) is 4. The van der Waals surface area contributed by atoms with Gasteiger partial charge in [0.25, 0.3) is 5.91 Å². The third-order valence-electron chi connectivity index (χ3n) is 4.12. The van der Waals surface area contributed by atoms with Crippen molar-refractivity contribution < 1.29 is 18.7 Å². The number of halogens is 1. The molecule has 0 saturated carbocycles.